The van der Waals surface area contributed by atoms with Gasteiger partial charge in [0.15, 0.2) is 5.82 Å². The van der Waals surface area contributed by atoms with Gasteiger partial charge in [-0.2, -0.15) is 0 Å². The van der Waals surface area contributed by atoms with E-state index in [1.54, 1.807) is 26.7 Å². The maximum Gasteiger partial charge on any atom is 0.294 e. The number of ether oxygens (including phenoxy) is 1. The minimum atomic E-state index is -0.355. The number of aromatic nitrogens is 4. The first kappa shape index (κ1) is 22.9. The molecule has 1 N–H and O–H groups in total. The first-order valence-electron chi connectivity index (χ1n) is 11.5. The molecule has 182 valence electrons. The molecule has 1 saturated heterocycles. The Labute approximate surface area is 215 Å². The van der Waals surface area contributed by atoms with E-state index in [2.05, 4.69) is 15.2 Å². The van der Waals surface area contributed by atoms with Gasteiger partial charge >= 0.3 is 0 Å². The van der Waals surface area contributed by atoms with Crippen molar-refractivity contribution < 1.29 is 9.53 Å². The number of carbonyl (C=O) groups is 1. The molecule has 2 aromatic carbocycles. The van der Waals surface area contributed by atoms with Crippen molar-refractivity contribution in [3.63, 3.8) is 0 Å². The Morgan fingerprint density at radius 1 is 1.14 bits per heavy atom. The largest absolute Gasteiger partial charge is 0.370 e. The average molecular weight is 520 g/mol. The van der Waals surface area contributed by atoms with Crippen LogP contribution in [0.1, 0.15) is 33.2 Å². The monoisotopic (exact) mass is 519 g/mol. The lowest BCUT2D eigenvalue weighted by Crippen LogP contribution is -2.42. The van der Waals surface area contributed by atoms with Gasteiger partial charge in [-0.3, -0.25) is 14.0 Å². The Morgan fingerprint density at radius 2 is 1.94 bits per heavy atom. The number of carbonyl (C=O) groups excluding carboxylic acids is 1. The molecule has 0 spiro atoms. The number of aromatic amines is 1. The van der Waals surface area contributed by atoms with Crippen LogP contribution in [-0.4, -0.2) is 50.1 Å². The Bertz CT molecular complexity index is 1690. The van der Waals surface area contributed by atoms with E-state index in [4.69, 9.17) is 16.3 Å². The Balaban J connectivity index is 1.40. The van der Waals surface area contributed by atoms with Crippen LogP contribution in [0, 0.1) is 13.8 Å². The third kappa shape index (κ3) is 3.80. The predicted molar refractivity (Wildman–Crippen MR) is 140 cm³/mol. The first-order chi connectivity index (χ1) is 17.4. The minimum Gasteiger partial charge on any atom is -0.370 e. The number of thiophene rings is 1. The van der Waals surface area contributed by atoms with Crippen molar-refractivity contribution in [3.05, 3.63) is 85.5 Å². The molecule has 0 radical (unpaired) electrons. The highest BCUT2D eigenvalue weighted by Crippen LogP contribution is 2.30. The number of aryl methyl sites for hydroxylation is 2. The summed E-state index contributed by atoms with van der Waals surface area (Å²) >= 11 is 7.57. The highest BCUT2D eigenvalue weighted by Gasteiger charge is 2.28. The summed E-state index contributed by atoms with van der Waals surface area (Å²) in [7, 11) is 0. The van der Waals surface area contributed by atoms with Crippen LogP contribution < -0.4 is 5.56 Å². The fourth-order valence-electron chi connectivity index (χ4n) is 4.68. The van der Waals surface area contributed by atoms with E-state index >= 15 is 0 Å². The summed E-state index contributed by atoms with van der Waals surface area (Å²) in [6.07, 6.45) is -0.228. The molecule has 6 rings (SSSR count). The highest BCUT2D eigenvalue weighted by molar-refractivity contribution is 7.13. The van der Waals surface area contributed by atoms with Crippen LogP contribution in [0.5, 0.6) is 0 Å². The van der Waals surface area contributed by atoms with Crippen molar-refractivity contribution in [2.75, 3.05) is 19.7 Å². The third-order valence-electron chi connectivity index (χ3n) is 6.59. The molecule has 10 heteroatoms. The van der Waals surface area contributed by atoms with Crippen LogP contribution in [0.3, 0.4) is 0 Å². The van der Waals surface area contributed by atoms with Gasteiger partial charge in [-0.05, 0) is 66.2 Å². The number of hydrogen-bond acceptors (Lipinski definition) is 6. The first-order valence-corrected chi connectivity index (χ1v) is 12.8. The molecule has 1 unspecified atom stereocenters. The smallest absolute Gasteiger partial charge is 0.294 e. The van der Waals surface area contributed by atoms with Gasteiger partial charge in [0.05, 0.1) is 29.1 Å². The minimum absolute atomic E-state index is 0.101. The van der Waals surface area contributed by atoms with Crippen molar-refractivity contribution in [2.45, 2.75) is 20.0 Å². The molecule has 1 aliphatic heterocycles. The van der Waals surface area contributed by atoms with E-state index in [-0.39, 0.29) is 23.2 Å². The maximum atomic E-state index is 13.6. The molecule has 36 heavy (non-hydrogen) atoms. The van der Waals surface area contributed by atoms with Crippen molar-refractivity contribution in [1.29, 1.82) is 0 Å². The van der Waals surface area contributed by atoms with E-state index in [1.165, 1.54) is 0 Å². The van der Waals surface area contributed by atoms with Gasteiger partial charge in [-0.25, -0.2) is 0 Å². The molecular weight excluding hydrogens is 498 g/mol. The molecule has 3 aromatic heterocycles. The zero-order chi connectivity index (χ0) is 25.0. The number of halogens is 1. The molecule has 1 aliphatic rings. The standard InChI is InChI=1S/C26H22ClN5O3S/c1-14-7-10-36-22(14)23-29-30-24-25(33)28-19-12-18(15(2)11-20(19)32(23)24)26(34)31-8-9-35-21(13-31)16-3-5-17(27)6-4-16/h3-7,10-12,21H,8-9,13H2,1-2H3,(H,28,33). The molecule has 1 atom stereocenters. The van der Waals surface area contributed by atoms with Crippen LogP contribution in [0.25, 0.3) is 27.4 Å². The quantitative estimate of drug-likeness (QED) is 0.370. The van der Waals surface area contributed by atoms with Crippen LogP contribution in [0.4, 0.5) is 0 Å². The Kier molecular flexibility index (Phi) is 5.63. The van der Waals surface area contributed by atoms with Gasteiger partial charge < -0.3 is 14.6 Å². The zero-order valence-electron chi connectivity index (χ0n) is 19.6. The maximum absolute atomic E-state index is 13.6. The summed E-state index contributed by atoms with van der Waals surface area (Å²) in [5.41, 5.74) is 4.55. The van der Waals surface area contributed by atoms with Gasteiger partial charge in [0.2, 0.25) is 5.65 Å². The number of fused-ring (bicyclic) bond motifs is 3. The fraction of sp³-hybridized carbons (Fsp3) is 0.231. The molecule has 4 heterocycles. The van der Waals surface area contributed by atoms with Crippen molar-refractivity contribution in [3.8, 4) is 10.7 Å². The topological polar surface area (TPSA) is 92.6 Å². The second-order valence-electron chi connectivity index (χ2n) is 8.92. The van der Waals surface area contributed by atoms with Crippen molar-refractivity contribution in [2.24, 2.45) is 0 Å². The van der Waals surface area contributed by atoms with E-state index in [0.29, 0.717) is 41.6 Å². The van der Waals surface area contributed by atoms with Crippen LogP contribution in [0.15, 0.2) is 52.6 Å². The zero-order valence-corrected chi connectivity index (χ0v) is 21.2. The number of benzene rings is 2. The SMILES string of the molecule is Cc1cc2c(cc1C(=O)N1CCOC(c3ccc(Cl)cc3)C1)[nH]c(=O)c1nnc(-c3sccc3C)n12. The molecule has 1 amide bonds. The number of nitrogens with one attached hydrogen (secondary N) is 1. The summed E-state index contributed by atoms with van der Waals surface area (Å²) in [6.45, 7) is 5.27. The summed E-state index contributed by atoms with van der Waals surface area (Å²) in [6, 6.07) is 13.2. The van der Waals surface area contributed by atoms with E-state index in [9.17, 15) is 9.59 Å². The number of H-pyrrole nitrogens is 1. The van der Waals surface area contributed by atoms with Gasteiger partial charge in [0.1, 0.15) is 6.10 Å². The number of rotatable bonds is 3. The lowest BCUT2D eigenvalue weighted by Gasteiger charge is -2.33. The molecule has 0 bridgehead atoms. The number of nitrogens with zero attached hydrogens (tertiary/aromatic N) is 4. The fourth-order valence-corrected chi connectivity index (χ4v) is 5.70. The van der Waals surface area contributed by atoms with Crippen LogP contribution in [0.2, 0.25) is 5.02 Å². The second-order valence-corrected chi connectivity index (χ2v) is 10.3. The predicted octanol–water partition coefficient (Wildman–Crippen LogP) is 4.78. The van der Waals surface area contributed by atoms with Crippen molar-refractivity contribution >= 4 is 45.5 Å². The van der Waals surface area contributed by atoms with Gasteiger partial charge in [-0.15, -0.1) is 21.5 Å². The number of hydrogen-bond donors (Lipinski definition) is 1. The lowest BCUT2D eigenvalue weighted by atomic mass is 10.0. The summed E-state index contributed by atoms with van der Waals surface area (Å²) in [5, 5.41) is 11.1. The average Bonchev–Trinajstić information content (AvgIpc) is 3.51. The molecule has 0 aliphatic carbocycles. The van der Waals surface area contributed by atoms with Gasteiger partial charge in [0, 0.05) is 17.1 Å². The Hall–Kier alpha value is -3.53. The number of amides is 1. The summed E-state index contributed by atoms with van der Waals surface area (Å²) in [4.78, 5) is 32.1. The van der Waals surface area contributed by atoms with Gasteiger partial charge in [0.25, 0.3) is 11.5 Å². The van der Waals surface area contributed by atoms with Crippen LogP contribution in [-0.2, 0) is 4.74 Å². The normalized spacial score (nSPS) is 16.2. The highest BCUT2D eigenvalue weighted by atomic mass is 35.5. The number of morpholine rings is 1. The third-order valence-corrected chi connectivity index (χ3v) is 7.85. The lowest BCUT2D eigenvalue weighted by molar-refractivity contribution is -0.0228. The van der Waals surface area contributed by atoms with E-state index in [1.807, 2.05) is 55.6 Å². The second kappa shape index (κ2) is 8.85. The summed E-state index contributed by atoms with van der Waals surface area (Å²) in [5.74, 6) is 0.516. The van der Waals surface area contributed by atoms with Crippen LogP contribution >= 0.6 is 22.9 Å². The molecule has 5 aromatic rings. The summed E-state index contributed by atoms with van der Waals surface area (Å²) < 4.78 is 7.71. The van der Waals surface area contributed by atoms with E-state index in [0.717, 1.165) is 27.1 Å². The van der Waals surface area contributed by atoms with Crippen molar-refractivity contribution in [1.82, 2.24) is 24.5 Å². The molecular formula is C26H22ClN5O3S. The Morgan fingerprint density at radius 3 is 2.69 bits per heavy atom. The van der Waals surface area contributed by atoms with Gasteiger partial charge in [-0.1, -0.05) is 23.7 Å². The van der Waals surface area contributed by atoms with E-state index < -0.39 is 0 Å². The molecule has 1 fully saturated rings. The molecule has 0 saturated carbocycles. The molecule has 8 nitrogen and oxygen atoms in total.